The molecule has 0 aliphatic heterocycles. The summed E-state index contributed by atoms with van der Waals surface area (Å²) in [6, 6.07) is 3.54. The van der Waals surface area contributed by atoms with Gasteiger partial charge < -0.3 is 10.4 Å². The molecule has 106 valence electrons. The summed E-state index contributed by atoms with van der Waals surface area (Å²) in [5.41, 5.74) is 0.518. The summed E-state index contributed by atoms with van der Waals surface area (Å²) in [7, 11) is 0. The SMILES string of the molecule is CC(CCCO)NC(=O)c1ccc(-n2ccnc2)nc1. The second-order valence-corrected chi connectivity index (χ2v) is 4.62. The molecule has 0 radical (unpaired) electrons. The normalized spacial score (nSPS) is 12.1. The molecular formula is C14H18N4O2. The van der Waals surface area contributed by atoms with Gasteiger partial charge in [0.05, 0.1) is 5.56 Å². The van der Waals surface area contributed by atoms with Crippen LogP contribution in [0.5, 0.6) is 0 Å². The summed E-state index contributed by atoms with van der Waals surface area (Å²) in [5.74, 6) is 0.562. The number of imidazole rings is 1. The number of aliphatic hydroxyl groups excluding tert-OH is 1. The van der Waals surface area contributed by atoms with Crippen LogP contribution in [0.25, 0.3) is 5.82 Å². The van der Waals surface area contributed by atoms with Gasteiger partial charge in [-0.25, -0.2) is 9.97 Å². The van der Waals surface area contributed by atoms with Crippen molar-refractivity contribution in [1.82, 2.24) is 19.9 Å². The Bertz CT molecular complexity index is 537. The maximum absolute atomic E-state index is 12.0. The van der Waals surface area contributed by atoms with Crippen LogP contribution in [0.15, 0.2) is 37.1 Å². The van der Waals surface area contributed by atoms with E-state index in [-0.39, 0.29) is 18.6 Å². The van der Waals surface area contributed by atoms with Crippen LogP contribution >= 0.6 is 0 Å². The topological polar surface area (TPSA) is 80.0 Å². The van der Waals surface area contributed by atoms with E-state index in [1.165, 1.54) is 0 Å². The summed E-state index contributed by atoms with van der Waals surface area (Å²) >= 11 is 0. The Morgan fingerprint density at radius 2 is 2.35 bits per heavy atom. The van der Waals surface area contributed by atoms with Crippen molar-refractivity contribution in [2.24, 2.45) is 0 Å². The molecule has 6 heteroatoms. The van der Waals surface area contributed by atoms with Gasteiger partial charge in [-0.05, 0) is 31.9 Å². The van der Waals surface area contributed by atoms with E-state index in [1.54, 1.807) is 41.6 Å². The summed E-state index contributed by atoms with van der Waals surface area (Å²) in [6.45, 7) is 2.06. The lowest BCUT2D eigenvalue weighted by Gasteiger charge is -2.13. The van der Waals surface area contributed by atoms with Crippen LogP contribution < -0.4 is 5.32 Å². The lowest BCUT2D eigenvalue weighted by atomic mass is 10.1. The second kappa shape index (κ2) is 6.81. The maximum atomic E-state index is 12.0. The molecule has 0 spiro atoms. The van der Waals surface area contributed by atoms with Crippen LogP contribution in [-0.4, -0.2) is 38.2 Å². The van der Waals surface area contributed by atoms with E-state index >= 15 is 0 Å². The van der Waals surface area contributed by atoms with Gasteiger partial charge in [0.2, 0.25) is 0 Å². The number of aromatic nitrogens is 3. The molecule has 2 aromatic rings. The van der Waals surface area contributed by atoms with E-state index in [0.29, 0.717) is 17.8 Å². The minimum atomic E-state index is -0.153. The van der Waals surface area contributed by atoms with E-state index < -0.39 is 0 Å². The van der Waals surface area contributed by atoms with Crippen LogP contribution in [0, 0.1) is 0 Å². The van der Waals surface area contributed by atoms with Crippen LogP contribution in [-0.2, 0) is 0 Å². The smallest absolute Gasteiger partial charge is 0.253 e. The fourth-order valence-corrected chi connectivity index (χ4v) is 1.84. The molecule has 2 heterocycles. The molecule has 6 nitrogen and oxygen atoms in total. The highest BCUT2D eigenvalue weighted by atomic mass is 16.3. The number of hydrogen-bond acceptors (Lipinski definition) is 4. The van der Waals surface area contributed by atoms with E-state index in [1.807, 2.05) is 6.92 Å². The van der Waals surface area contributed by atoms with Crippen molar-refractivity contribution < 1.29 is 9.90 Å². The fraction of sp³-hybridized carbons (Fsp3) is 0.357. The Labute approximate surface area is 117 Å². The third kappa shape index (κ3) is 3.64. The van der Waals surface area contributed by atoms with Crippen molar-refractivity contribution in [3.63, 3.8) is 0 Å². The highest BCUT2D eigenvalue weighted by Crippen LogP contribution is 2.06. The van der Waals surface area contributed by atoms with Crippen LogP contribution in [0.4, 0.5) is 0 Å². The number of nitrogens with one attached hydrogen (secondary N) is 1. The first kappa shape index (κ1) is 14.2. The highest BCUT2D eigenvalue weighted by molar-refractivity contribution is 5.94. The van der Waals surface area contributed by atoms with E-state index in [4.69, 9.17) is 5.11 Å². The maximum Gasteiger partial charge on any atom is 0.253 e. The molecular weight excluding hydrogens is 256 g/mol. The quantitative estimate of drug-likeness (QED) is 0.828. The lowest BCUT2D eigenvalue weighted by molar-refractivity contribution is 0.0936. The molecule has 1 unspecified atom stereocenters. The number of pyridine rings is 1. The van der Waals surface area contributed by atoms with Crippen molar-refractivity contribution in [2.75, 3.05) is 6.61 Å². The fourth-order valence-electron chi connectivity index (χ4n) is 1.84. The van der Waals surface area contributed by atoms with Gasteiger partial charge in [-0.3, -0.25) is 9.36 Å². The molecule has 2 aromatic heterocycles. The summed E-state index contributed by atoms with van der Waals surface area (Å²) < 4.78 is 1.77. The van der Waals surface area contributed by atoms with Gasteiger partial charge in [0.25, 0.3) is 5.91 Å². The number of aliphatic hydroxyl groups is 1. The van der Waals surface area contributed by atoms with Crippen LogP contribution in [0.2, 0.25) is 0 Å². The molecule has 0 saturated carbocycles. The number of hydrogen-bond donors (Lipinski definition) is 2. The molecule has 0 aliphatic rings. The van der Waals surface area contributed by atoms with Gasteiger partial charge in [-0.15, -0.1) is 0 Å². The predicted octanol–water partition coefficient (Wildman–Crippen LogP) is 1.16. The van der Waals surface area contributed by atoms with Crippen molar-refractivity contribution in [3.05, 3.63) is 42.6 Å². The molecule has 0 aromatic carbocycles. The molecule has 0 saturated heterocycles. The first-order valence-electron chi connectivity index (χ1n) is 6.57. The Morgan fingerprint density at radius 3 is 2.95 bits per heavy atom. The predicted molar refractivity (Wildman–Crippen MR) is 74.6 cm³/mol. The van der Waals surface area contributed by atoms with Gasteiger partial charge in [-0.1, -0.05) is 0 Å². The zero-order chi connectivity index (χ0) is 14.4. The van der Waals surface area contributed by atoms with Gasteiger partial charge >= 0.3 is 0 Å². The van der Waals surface area contributed by atoms with Gasteiger partial charge in [-0.2, -0.15) is 0 Å². The van der Waals surface area contributed by atoms with Gasteiger partial charge in [0, 0.05) is 31.2 Å². The third-order valence-electron chi connectivity index (χ3n) is 2.95. The number of rotatable bonds is 6. The van der Waals surface area contributed by atoms with Crippen molar-refractivity contribution >= 4 is 5.91 Å². The molecule has 2 rings (SSSR count). The summed E-state index contributed by atoms with van der Waals surface area (Å²) in [6.07, 6.45) is 8.09. The monoisotopic (exact) mass is 274 g/mol. The van der Waals surface area contributed by atoms with E-state index in [0.717, 1.165) is 6.42 Å². The Hall–Kier alpha value is -2.21. The standard InChI is InChI=1S/C14H18N4O2/c1-11(3-2-8-19)17-14(20)12-4-5-13(16-9-12)18-7-6-15-10-18/h4-7,9-11,19H,2-3,8H2,1H3,(H,17,20). The van der Waals surface area contributed by atoms with E-state index in [2.05, 4.69) is 15.3 Å². The molecule has 1 amide bonds. The average Bonchev–Trinajstić information content (AvgIpc) is 2.99. The minimum absolute atomic E-state index is 0.0305. The number of nitrogens with zero attached hydrogens (tertiary/aromatic N) is 3. The average molecular weight is 274 g/mol. The first-order chi connectivity index (χ1) is 9.70. The van der Waals surface area contributed by atoms with E-state index in [9.17, 15) is 4.79 Å². The summed E-state index contributed by atoms with van der Waals surface area (Å²) in [5, 5.41) is 11.6. The number of carbonyl (C=O) groups is 1. The molecule has 0 aliphatic carbocycles. The first-order valence-corrected chi connectivity index (χ1v) is 6.57. The zero-order valence-corrected chi connectivity index (χ0v) is 11.4. The Kier molecular flexibility index (Phi) is 4.84. The van der Waals surface area contributed by atoms with Crippen molar-refractivity contribution in [2.45, 2.75) is 25.8 Å². The van der Waals surface area contributed by atoms with Crippen LogP contribution in [0.1, 0.15) is 30.1 Å². The van der Waals surface area contributed by atoms with Crippen molar-refractivity contribution in [3.8, 4) is 5.82 Å². The van der Waals surface area contributed by atoms with Crippen molar-refractivity contribution in [1.29, 1.82) is 0 Å². The van der Waals surface area contributed by atoms with Crippen LogP contribution in [0.3, 0.4) is 0 Å². The molecule has 2 N–H and O–H groups in total. The molecule has 0 fully saturated rings. The number of carbonyl (C=O) groups excluding carboxylic acids is 1. The Balaban J connectivity index is 1.97. The largest absolute Gasteiger partial charge is 0.396 e. The van der Waals surface area contributed by atoms with Gasteiger partial charge in [0.15, 0.2) is 0 Å². The lowest BCUT2D eigenvalue weighted by Crippen LogP contribution is -2.32. The molecule has 20 heavy (non-hydrogen) atoms. The summed E-state index contributed by atoms with van der Waals surface area (Å²) in [4.78, 5) is 20.2. The minimum Gasteiger partial charge on any atom is -0.396 e. The molecule has 1 atom stereocenters. The Morgan fingerprint density at radius 1 is 1.50 bits per heavy atom. The second-order valence-electron chi connectivity index (χ2n) is 4.62. The van der Waals surface area contributed by atoms with Gasteiger partial charge in [0.1, 0.15) is 12.1 Å². The number of amides is 1. The molecule has 0 bridgehead atoms. The highest BCUT2D eigenvalue weighted by Gasteiger charge is 2.10. The zero-order valence-electron chi connectivity index (χ0n) is 11.4. The third-order valence-corrected chi connectivity index (χ3v) is 2.95.